The number of hydrogen-bond acceptors (Lipinski definition) is 2. The van der Waals surface area contributed by atoms with Crippen LogP contribution in [-0.2, 0) is 21.3 Å². The van der Waals surface area contributed by atoms with Gasteiger partial charge in [0.15, 0.2) is 0 Å². The van der Waals surface area contributed by atoms with Crippen LogP contribution in [0.3, 0.4) is 0 Å². The average molecular weight is 295 g/mol. The van der Waals surface area contributed by atoms with E-state index in [0.29, 0.717) is 10.0 Å². The number of rotatable bonds is 4. The molecule has 1 atom stereocenters. The summed E-state index contributed by atoms with van der Waals surface area (Å²) < 4.78 is 24.7. The molecule has 1 aromatic rings. The molecule has 0 aromatic heterocycles. The van der Waals surface area contributed by atoms with Crippen molar-refractivity contribution in [3.8, 4) is 0 Å². The summed E-state index contributed by atoms with van der Waals surface area (Å²) in [6.07, 6.45) is 0. The van der Waals surface area contributed by atoms with E-state index in [1.54, 1.807) is 6.07 Å². The fourth-order valence-electron chi connectivity index (χ4n) is 1.07. The summed E-state index contributed by atoms with van der Waals surface area (Å²) in [4.78, 5) is 10.3. The molecule has 0 radical (unpaired) electrons. The molecular formula is C9H8BrFO3S. The van der Waals surface area contributed by atoms with Crippen molar-refractivity contribution >= 4 is 32.7 Å². The van der Waals surface area contributed by atoms with E-state index >= 15 is 0 Å². The number of benzene rings is 1. The lowest BCUT2D eigenvalue weighted by atomic mass is 10.2. The first-order valence-corrected chi connectivity index (χ1v) is 6.27. The van der Waals surface area contributed by atoms with E-state index in [4.69, 9.17) is 5.11 Å². The second kappa shape index (κ2) is 5.37. The summed E-state index contributed by atoms with van der Waals surface area (Å²) in [6.45, 7) is 0. The number of hydrogen-bond donors (Lipinski definition) is 1. The van der Waals surface area contributed by atoms with Crippen molar-refractivity contribution in [2.45, 2.75) is 5.75 Å². The fourth-order valence-corrected chi connectivity index (χ4v) is 2.50. The second-order valence-electron chi connectivity index (χ2n) is 2.90. The Morgan fingerprint density at radius 1 is 1.47 bits per heavy atom. The van der Waals surface area contributed by atoms with Crippen LogP contribution < -0.4 is 0 Å². The topological polar surface area (TPSA) is 54.4 Å². The van der Waals surface area contributed by atoms with Gasteiger partial charge in [-0.3, -0.25) is 9.00 Å². The highest BCUT2D eigenvalue weighted by molar-refractivity contribution is 9.10. The fraction of sp³-hybridized carbons (Fsp3) is 0.222. The highest BCUT2D eigenvalue weighted by Crippen LogP contribution is 2.16. The van der Waals surface area contributed by atoms with E-state index in [1.165, 1.54) is 12.1 Å². The van der Waals surface area contributed by atoms with Crippen molar-refractivity contribution in [2.24, 2.45) is 0 Å². The molecule has 0 saturated carbocycles. The second-order valence-corrected chi connectivity index (χ2v) is 5.27. The van der Waals surface area contributed by atoms with Crippen LogP contribution >= 0.6 is 15.9 Å². The molecule has 15 heavy (non-hydrogen) atoms. The zero-order valence-corrected chi connectivity index (χ0v) is 9.98. The monoisotopic (exact) mass is 294 g/mol. The van der Waals surface area contributed by atoms with Gasteiger partial charge >= 0.3 is 5.97 Å². The Morgan fingerprint density at radius 2 is 2.13 bits per heavy atom. The third-order valence-electron chi connectivity index (χ3n) is 1.53. The molecule has 1 unspecified atom stereocenters. The van der Waals surface area contributed by atoms with E-state index in [9.17, 15) is 13.4 Å². The smallest absolute Gasteiger partial charge is 0.316 e. The Balaban J connectivity index is 2.72. The maximum absolute atomic E-state index is 12.9. The van der Waals surface area contributed by atoms with Crippen LogP contribution in [-0.4, -0.2) is 21.0 Å². The van der Waals surface area contributed by atoms with Gasteiger partial charge in [-0.2, -0.15) is 0 Å². The van der Waals surface area contributed by atoms with Crippen LogP contribution in [0.15, 0.2) is 22.7 Å². The Morgan fingerprint density at radius 3 is 2.67 bits per heavy atom. The van der Waals surface area contributed by atoms with Gasteiger partial charge in [0, 0.05) is 21.0 Å². The van der Waals surface area contributed by atoms with E-state index in [0.717, 1.165) is 0 Å². The number of halogens is 2. The van der Waals surface area contributed by atoms with E-state index in [-0.39, 0.29) is 5.75 Å². The number of aliphatic carboxylic acids is 1. The first-order chi connectivity index (χ1) is 6.97. The lowest BCUT2D eigenvalue weighted by Gasteiger charge is -2.01. The lowest BCUT2D eigenvalue weighted by molar-refractivity contribution is -0.133. The van der Waals surface area contributed by atoms with Gasteiger partial charge in [-0.25, -0.2) is 4.39 Å². The highest BCUT2D eigenvalue weighted by Gasteiger charge is 2.08. The predicted octanol–water partition coefficient (Wildman–Crippen LogP) is 1.92. The summed E-state index contributed by atoms with van der Waals surface area (Å²) in [5, 5.41) is 8.39. The number of carbonyl (C=O) groups is 1. The Hall–Kier alpha value is -0.750. The maximum atomic E-state index is 12.9. The van der Waals surface area contributed by atoms with Gasteiger partial charge in [-0.1, -0.05) is 15.9 Å². The van der Waals surface area contributed by atoms with Crippen LogP contribution in [0.4, 0.5) is 4.39 Å². The molecule has 0 aliphatic carbocycles. The average Bonchev–Trinajstić information content (AvgIpc) is 1.98. The van der Waals surface area contributed by atoms with Gasteiger partial charge in [-0.05, 0) is 23.8 Å². The minimum atomic E-state index is -1.50. The van der Waals surface area contributed by atoms with Crippen molar-refractivity contribution in [2.75, 3.05) is 5.75 Å². The number of carboxylic acids is 1. The van der Waals surface area contributed by atoms with Crippen LogP contribution in [0.1, 0.15) is 5.56 Å². The Labute approximate surface area is 96.9 Å². The van der Waals surface area contributed by atoms with Gasteiger partial charge in [0.05, 0.1) is 0 Å². The van der Waals surface area contributed by atoms with Crippen molar-refractivity contribution in [1.82, 2.24) is 0 Å². The minimum absolute atomic E-state index is 0.0443. The highest BCUT2D eigenvalue weighted by atomic mass is 79.9. The number of carboxylic acid groups (broad SMARTS) is 1. The van der Waals surface area contributed by atoms with E-state index in [2.05, 4.69) is 15.9 Å². The maximum Gasteiger partial charge on any atom is 0.316 e. The Bertz CT molecular complexity index is 388. The molecule has 0 amide bonds. The van der Waals surface area contributed by atoms with Gasteiger partial charge < -0.3 is 5.11 Å². The third-order valence-corrected chi connectivity index (χ3v) is 3.22. The molecule has 0 aliphatic rings. The van der Waals surface area contributed by atoms with Crippen LogP contribution in [0, 0.1) is 5.82 Å². The van der Waals surface area contributed by atoms with Gasteiger partial charge in [-0.15, -0.1) is 0 Å². The molecule has 0 heterocycles. The Kier molecular flexibility index (Phi) is 4.41. The first-order valence-electron chi connectivity index (χ1n) is 3.99. The van der Waals surface area contributed by atoms with Crippen LogP contribution in [0.5, 0.6) is 0 Å². The van der Waals surface area contributed by atoms with Crippen molar-refractivity contribution in [1.29, 1.82) is 0 Å². The van der Waals surface area contributed by atoms with Crippen molar-refractivity contribution in [3.63, 3.8) is 0 Å². The molecule has 3 nitrogen and oxygen atoms in total. The zero-order chi connectivity index (χ0) is 11.4. The summed E-state index contributed by atoms with van der Waals surface area (Å²) >= 11 is 3.10. The summed E-state index contributed by atoms with van der Waals surface area (Å²) in [5.41, 5.74) is 0.515. The largest absolute Gasteiger partial charge is 0.481 e. The van der Waals surface area contributed by atoms with Crippen LogP contribution in [0.2, 0.25) is 0 Å². The molecule has 1 rings (SSSR count). The molecule has 0 aliphatic heterocycles. The quantitative estimate of drug-likeness (QED) is 0.923. The van der Waals surface area contributed by atoms with E-state index < -0.39 is 28.3 Å². The van der Waals surface area contributed by atoms with Gasteiger partial charge in [0.1, 0.15) is 11.6 Å². The molecule has 6 heteroatoms. The van der Waals surface area contributed by atoms with Crippen molar-refractivity contribution in [3.05, 3.63) is 34.1 Å². The molecule has 0 spiro atoms. The summed E-state index contributed by atoms with van der Waals surface area (Å²) in [6, 6.07) is 4.14. The summed E-state index contributed by atoms with van der Waals surface area (Å²) in [5.74, 6) is -1.94. The minimum Gasteiger partial charge on any atom is -0.481 e. The molecule has 1 aromatic carbocycles. The van der Waals surface area contributed by atoms with Crippen molar-refractivity contribution < 1.29 is 18.5 Å². The third kappa shape index (κ3) is 4.53. The van der Waals surface area contributed by atoms with Gasteiger partial charge in [0.2, 0.25) is 0 Å². The van der Waals surface area contributed by atoms with E-state index in [1.807, 2.05) is 0 Å². The van der Waals surface area contributed by atoms with Crippen LogP contribution in [0.25, 0.3) is 0 Å². The molecule has 82 valence electrons. The standard InChI is InChI=1S/C9H8BrFO3S/c10-7-1-6(2-8(11)3-7)4-15(14)5-9(12)13/h1-3H,4-5H2,(H,12,13). The first kappa shape index (κ1) is 12.3. The normalized spacial score (nSPS) is 12.4. The van der Waals surface area contributed by atoms with Gasteiger partial charge in [0.25, 0.3) is 0 Å². The predicted molar refractivity (Wildman–Crippen MR) is 58.4 cm³/mol. The SMILES string of the molecule is O=C(O)CS(=O)Cc1cc(F)cc(Br)c1. The molecule has 0 fully saturated rings. The molecule has 0 bridgehead atoms. The zero-order valence-electron chi connectivity index (χ0n) is 7.57. The molecule has 1 N–H and O–H groups in total. The lowest BCUT2D eigenvalue weighted by Crippen LogP contribution is -2.10. The summed E-state index contributed by atoms with van der Waals surface area (Å²) in [7, 11) is -1.50. The molecule has 0 saturated heterocycles. The molecular weight excluding hydrogens is 287 g/mol.